The first kappa shape index (κ1) is 16.1. The first-order chi connectivity index (χ1) is 10.9. The van der Waals surface area contributed by atoms with Crippen LogP contribution in [0.5, 0.6) is 0 Å². The minimum atomic E-state index is -3.68. The third-order valence-electron chi connectivity index (χ3n) is 4.24. The highest BCUT2D eigenvalue weighted by Gasteiger charge is 2.29. The van der Waals surface area contributed by atoms with Gasteiger partial charge in [0.05, 0.1) is 4.90 Å². The molecule has 0 saturated carbocycles. The largest absolute Gasteiger partial charge is 0.263 e. The molecule has 3 nitrogen and oxygen atoms in total. The summed E-state index contributed by atoms with van der Waals surface area (Å²) in [5.74, 6) is 0. The van der Waals surface area contributed by atoms with E-state index in [4.69, 9.17) is 0 Å². The summed E-state index contributed by atoms with van der Waals surface area (Å²) >= 11 is 0. The molecule has 3 rings (SSSR count). The van der Waals surface area contributed by atoms with Gasteiger partial charge in [0.15, 0.2) is 0 Å². The Hall–Kier alpha value is -1.79. The quantitative estimate of drug-likeness (QED) is 0.857. The Morgan fingerprint density at radius 1 is 1.09 bits per heavy atom. The van der Waals surface area contributed by atoms with Crippen LogP contribution in [-0.2, 0) is 23.0 Å². The van der Waals surface area contributed by atoms with Gasteiger partial charge in [-0.2, -0.15) is 4.31 Å². The van der Waals surface area contributed by atoms with Gasteiger partial charge in [-0.05, 0) is 42.2 Å². The summed E-state index contributed by atoms with van der Waals surface area (Å²) in [6, 6.07) is 10.8. The number of hydrogen-bond acceptors (Lipinski definition) is 2. The highest BCUT2D eigenvalue weighted by Crippen LogP contribution is 2.28. The van der Waals surface area contributed by atoms with Crippen molar-refractivity contribution in [3.8, 4) is 0 Å². The fraction of sp³-hybridized carbons (Fsp3) is 0.294. The molecule has 0 fully saturated rings. The second kappa shape index (κ2) is 6.02. The molecular formula is C17H17F2NO2S. The molecule has 0 N–H and O–H groups in total. The first-order valence-corrected chi connectivity index (χ1v) is 8.79. The van der Waals surface area contributed by atoms with E-state index >= 15 is 0 Å². The predicted molar refractivity (Wildman–Crippen MR) is 83.9 cm³/mol. The van der Waals surface area contributed by atoms with Gasteiger partial charge in [0.1, 0.15) is 0 Å². The molecule has 0 saturated heterocycles. The fourth-order valence-electron chi connectivity index (χ4n) is 2.86. The summed E-state index contributed by atoms with van der Waals surface area (Å²) in [5.41, 5.74) is 3.09. The van der Waals surface area contributed by atoms with E-state index in [-0.39, 0.29) is 10.5 Å². The maximum atomic E-state index is 12.7. The monoisotopic (exact) mass is 337 g/mol. The highest BCUT2D eigenvalue weighted by molar-refractivity contribution is 7.89. The molecule has 2 aromatic carbocycles. The van der Waals surface area contributed by atoms with Crippen molar-refractivity contribution in [1.29, 1.82) is 0 Å². The van der Waals surface area contributed by atoms with Crippen molar-refractivity contribution in [2.75, 3.05) is 6.54 Å². The molecule has 0 radical (unpaired) electrons. The summed E-state index contributed by atoms with van der Waals surface area (Å²) in [7, 11) is -3.68. The van der Waals surface area contributed by atoms with E-state index in [1.807, 2.05) is 25.1 Å². The Labute approximate surface area is 134 Å². The lowest BCUT2D eigenvalue weighted by Gasteiger charge is -2.29. The molecule has 1 aliphatic rings. The summed E-state index contributed by atoms with van der Waals surface area (Å²) in [6.07, 6.45) is -1.94. The molecule has 23 heavy (non-hydrogen) atoms. The van der Waals surface area contributed by atoms with Crippen molar-refractivity contribution in [2.24, 2.45) is 0 Å². The van der Waals surface area contributed by atoms with Gasteiger partial charge in [-0.1, -0.05) is 30.3 Å². The number of benzene rings is 2. The Bertz CT molecular complexity index is 817. The normalized spacial score (nSPS) is 15.7. The van der Waals surface area contributed by atoms with Gasteiger partial charge >= 0.3 is 0 Å². The van der Waals surface area contributed by atoms with Crippen LogP contribution >= 0.6 is 0 Å². The molecule has 0 aromatic heterocycles. The molecule has 6 heteroatoms. The molecule has 0 unspecified atom stereocenters. The number of alkyl halides is 2. The second-order valence-electron chi connectivity index (χ2n) is 5.67. The predicted octanol–water partition coefficient (Wildman–Crippen LogP) is 3.68. The minimum absolute atomic E-state index is 0.0546. The fourth-order valence-corrected chi connectivity index (χ4v) is 4.27. The number of sulfonamides is 1. The number of nitrogens with zero attached hydrogens (tertiary/aromatic N) is 1. The van der Waals surface area contributed by atoms with Crippen molar-refractivity contribution < 1.29 is 17.2 Å². The number of halogens is 2. The van der Waals surface area contributed by atoms with Gasteiger partial charge in [-0.15, -0.1) is 0 Å². The van der Waals surface area contributed by atoms with Crippen LogP contribution in [0.3, 0.4) is 0 Å². The van der Waals surface area contributed by atoms with Crippen LogP contribution in [0.25, 0.3) is 0 Å². The number of rotatable bonds is 3. The van der Waals surface area contributed by atoms with E-state index in [1.165, 1.54) is 34.1 Å². The van der Waals surface area contributed by atoms with E-state index < -0.39 is 16.4 Å². The Balaban J connectivity index is 1.90. The van der Waals surface area contributed by atoms with Gasteiger partial charge < -0.3 is 0 Å². The van der Waals surface area contributed by atoms with Gasteiger partial charge in [0, 0.05) is 18.7 Å². The van der Waals surface area contributed by atoms with Gasteiger partial charge in [-0.3, -0.25) is 0 Å². The Morgan fingerprint density at radius 3 is 2.43 bits per heavy atom. The molecule has 0 bridgehead atoms. The van der Waals surface area contributed by atoms with Crippen LogP contribution in [0.1, 0.15) is 28.7 Å². The average Bonchev–Trinajstić information content (AvgIpc) is 2.55. The molecule has 1 heterocycles. The molecule has 122 valence electrons. The zero-order chi connectivity index (χ0) is 16.6. The van der Waals surface area contributed by atoms with Crippen LogP contribution < -0.4 is 0 Å². The van der Waals surface area contributed by atoms with Crippen LogP contribution in [0.4, 0.5) is 8.78 Å². The third-order valence-corrected chi connectivity index (χ3v) is 6.10. The first-order valence-electron chi connectivity index (χ1n) is 7.35. The summed E-state index contributed by atoms with van der Waals surface area (Å²) in [4.78, 5) is 0.0546. The highest BCUT2D eigenvalue weighted by atomic mass is 32.2. The molecule has 1 aliphatic heterocycles. The van der Waals surface area contributed by atoms with E-state index in [1.54, 1.807) is 0 Å². The summed E-state index contributed by atoms with van der Waals surface area (Å²) in [5, 5.41) is 0. The van der Waals surface area contributed by atoms with Crippen LogP contribution in [0.2, 0.25) is 0 Å². The van der Waals surface area contributed by atoms with E-state index in [0.717, 1.165) is 11.1 Å². The molecular weight excluding hydrogens is 320 g/mol. The number of aryl methyl sites for hydroxylation is 1. The maximum absolute atomic E-state index is 12.7. The summed E-state index contributed by atoms with van der Waals surface area (Å²) in [6.45, 7) is 2.68. The van der Waals surface area contributed by atoms with Crippen LogP contribution in [0, 0.1) is 6.92 Å². The molecule has 0 amide bonds. The van der Waals surface area contributed by atoms with Crippen molar-refractivity contribution in [3.05, 3.63) is 64.7 Å². The minimum Gasteiger partial charge on any atom is -0.207 e. The van der Waals surface area contributed by atoms with Crippen molar-refractivity contribution in [3.63, 3.8) is 0 Å². The summed E-state index contributed by atoms with van der Waals surface area (Å²) < 4.78 is 52.1. The van der Waals surface area contributed by atoms with Crippen molar-refractivity contribution >= 4 is 10.0 Å². The van der Waals surface area contributed by atoms with E-state index in [2.05, 4.69) is 0 Å². The smallest absolute Gasteiger partial charge is 0.207 e. The average molecular weight is 337 g/mol. The SMILES string of the molecule is Cc1cccc2c1CN(S(=O)(=O)c1ccc(C(F)F)cc1)CC2. The lowest BCUT2D eigenvalue weighted by molar-refractivity contribution is 0.151. The zero-order valence-corrected chi connectivity index (χ0v) is 13.5. The van der Waals surface area contributed by atoms with Gasteiger partial charge in [0.2, 0.25) is 10.0 Å². The molecule has 2 aromatic rings. The van der Waals surface area contributed by atoms with E-state index in [9.17, 15) is 17.2 Å². The molecule has 0 spiro atoms. The van der Waals surface area contributed by atoms with Crippen molar-refractivity contribution in [1.82, 2.24) is 4.31 Å². The second-order valence-corrected chi connectivity index (χ2v) is 7.61. The third kappa shape index (κ3) is 3.01. The Kier molecular flexibility index (Phi) is 4.21. The molecule has 0 atom stereocenters. The molecule has 0 aliphatic carbocycles. The topological polar surface area (TPSA) is 37.4 Å². The van der Waals surface area contributed by atoms with Crippen LogP contribution in [0.15, 0.2) is 47.4 Å². The Morgan fingerprint density at radius 2 is 1.78 bits per heavy atom. The van der Waals surface area contributed by atoms with E-state index in [0.29, 0.717) is 19.5 Å². The van der Waals surface area contributed by atoms with Gasteiger partial charge in [0.25, 0.3) is 6.43 Å². The number of fused-ring (bicyclic) bond motifs is 1. The lowest BCUT2D eigenvalue weighted by atomic mass is 9.97. The van der Waals surface area contributed by atoms with Crippen molar-refractivity contribution in [2.45, 2.75) is 31.2 Å². The standard InChI is InChI=1S/C17H17F2NO2S/c1-12-3-2-4-13-9-10-20(11-16(12)13)23(21,22)15-7-5-14(6-8-15)17(18)19/h2-8,17H,9-11H2,1H3. The van der Waals surface area contributed by atoms with Gasteiger partial charge in [-0.25, -0.2) is 17.2 Å². The number of hydrogen-bond donors (Lipinski definition) is 0. The maximum Gasteiger partial charge on any atom is 0.263 e. The lowest BCUT2D eigenvalue weighted by Crippen LogP contribution is -2.36. The zero-order valence-electron chi connectivity index (χ0n) is 12.7. The van der Waals surface area contributed by atoms with Crippen LogP contribution in [-0.4, -0.2) is 19.3 Å².